The van der Waals surface area contributed by atoms with Crippen LogP contribution in [0.25, 0.3) is 0 Å². The predicted octanol–water partition coefficient (Wildman–Crippen LogP) is 2.44. The lowest BCUT2D eigenvalue weighted by Gasteiger charge is -2.22. The molecule has 0 saturated heterocycles. The first-order valence-electron chi connectivity index (χ1n) is 7.30. The molecule has 0 unspecified atom stereocenters. The molecule has 0 spiro atoms. The number of aryl methyl sites for hydroxylation is 1. The van der Waals surface area contributed by atoms with Crippen LogP contribution in [0.3, 0.4) is 0 Å². The van der Waals surface area contributed by atoms with E-state index in [9.17, 15) is 17.9 Å². The second kappa shape index (κ2) is 6.42. The molecule has 0 aromatic heterocycles. The van der Waals surface area contributed by atoms with Crippen LogP contribution in [-0.4, -0.2) is 30.9 Å². The Morgan fingerprint density at radius 2 is 2.05 bits per heavy atom. The second-order valence-electron chi connectivity index (χ2n) is 5.68. The molecule has 1 aliphatic rings. The van der Waals surface area contributed by atoms with E-state index in [0.717, 1.165) is 19.3 Å². The first-order chi connectivity index (χ1) is 9.90. The minimum absolute atomic E-state index is 0.0245. The first kappa shape index (κ1) is 16.4. The Kier molecular flexibility index (Phi) is 5.01. The summed E-state index contributed by atoms with van der Waals surface area (Å²) in [5.74, 6) is -0.0918. The van der Waals surface area contributed by atoms with Crippen LogP contribution < -0.4 is 0 Å². The summed E-state index contributed by atoms with van der Waals surface area (Å²) in [7, 11) is -3.63. The van der Waals surface area contributed by atoms with Crippen LogP contribution >= 0.6 is 0 Å². The number of benzene rings is 1. The molecule has 2 rings (SSSR count). The molecule has 21 heavy (non-hydrogen) atoms. The van der Waals surface area contributed by atoms with Crippen LogP contribution in [0.15, 0.2) is 17.0 Å². The Balaban J connectivity index is 2.38. The van der Waals surface area contributed by atoms with Gasteiger partial charge in [0.15, 0.2) is 0 Å². The third-order valence-electron chi connectivity index (χ3n) is 3.74. The third kappa shape index (κ3) is 3.62. The minimum atomic E-state index is -3.63. The van der Waals surface area contributed by atoms with Crippen molar-refractivity contribution in [2.24, 2.45) is 5.92 Å². The zero-order valence-electron chi connectivity index (χ0n) is 12.5. The molecule has 6 heteroatoms. The zero-order chi connectivity index (χ0) is 15.6. The standard InChI is InChI=1S/C15H22FNO3S/c1-3-6-17(9-12-4-5-12)21(19,20)14-7-11(2)15(16)13(8-14)10-18/h7-8,12,18H,3-6,9-10H2,1-2H3. The predicted molar refractivity (Wildman–Crippen MR) is 78.8 cm³/mol. The molecule has 0 radical (unpaired) electrons. The molecule has 118 valence electrons. The number of hydrogen-bond donors (Lipinski definition) is 1. The molecule has 0 bridgehead atoms. The molecule has 1 fully saturated rings. The molecule has 1 aliphatic carbocycles. The van der Waals surface area contributed by atoms with E-state index in [4.69, 9.17) is 0 Å². The number of aliphatic hydroxyl groups is 1. The van der Waals surface area contributed by atoms with Gasteiger partial charge in [0.1, 0.15) is 5.82 Å². The Hall–Kier alpha value is -0.980. The maximum atomic E-state index is 13.8. The molecule has 4 nitrogen and oxygen atoms in total. The van der Waals surface area contributed by atoms with E-state index in [1.54, 1.807) is 0 Å². The van der Waals surface area contributed by atoms with Crippen molar-refractivity contribution in [2.75, 3.05) is 13.1 Å². The number of nitrogens with zero attached hydrogens (tertiary/aromatic N) is 1. The molecular weight excluding hydrogens is 293 g/mol. The second-order valence-corrected chi connectivity index (χ2v) is 7.62. The summed E-state index contributed by atoms with van der Waals surface area (Å²) in [6.07, 6.45) is 2.87. The topological polar surface area (TPSA) is 57.6 Å². The fraction of sp³-hybridized carbons (Fsp3) is 0.600. The molecule has 0 atom stereocenters. The highest BCUT2D eigenvalue weighted by Crippen LogP contribution is 2.32. The summed E-state index contributed by atoms with van der Waals surface area (Å²) in [4.78, 5) is 0.0690. The molecule has 0 aliphatic heterocycles. The van der Waals surface area contributed by atoms with Crippen LogP contribution in [0, 0.1) is 18.7 Å². The van der Waals surface area contributed by atoms with Gasteiger partial charge in [-0.05, 0) is 49.8 Å². The fourth-order valence-corrected chi connectivity index (χ4v) is 4.11. The zero-order valence-corrected chi connectivity index (χ0v) is 13.3. The van der Waals surface area contributed by atoms with Crippen LogP contribution in [0.1, 0.15) is 37.3 Å². The molecular formula is C15H22FNO3S. The summed E-state index contributed by atoms with van der Waals surface area (Å²) >= 11 is 0. The third-order valence-corrected chi connectivity index (χ3v) is 5.59. The number of hydrogen-bond acceptors (Lipinski definition) is 3. The fourth-order valence-electron chi connectivity index (χ4n) is 2.37. The molecule has 1 saturated carbocycles. The van der Waals surface area contributed by atoms with Gasteiger partial charge in [0.2, 0.25) is 10.0 Å². The van der Waals surface area contributed by atoms with Crippen molar-refractivity contribution in [1.82, 2.24) is 4.31 Å². The van der Waals surface area contributed by atoms with Crippen LogP contribution in [0.2, 0.25) is 0 Å². The molecule has 0 heterocycles. The Bertz CT molecular complexity index is 612. The number of halogens is 1. The smallest absolute Gasteiger partial charge is 0.243 e. The summed E-state index contributed by atoms with van der Waals surface area (Å²) in [6.45, 7) is 3.93. The van der Waals surface area contributed by atoms with Gasteiger partial charge in [0.05, 0.1) is 11.5 Å². The van der Waals surface area contributed by atoms with E-state index < -0.39 is 22.4 Å². The van der Waals surface area contributed by atoms with Gasteiger partial charge in [-0.2, -0.15) is 4.31 Å². The highest BCUT2D eigenvalue weighted by molar-refractivity contribution is 7.89. The maximum Gasteiger partial charge on any atom is 0.243 e. The monoisotopic (exact) mass is 315 g/mol. The number of rotatable bonds is 7. The number of aliphatic hydroxyl groups excluding tert-OH is 1. The minimum Gasteiger partial charge on any atom is -0.392 e. The van der Waals surface area contributed by atoms with Crippen LogP contribution in [0.5, 0.6) is 0 Å². The van der Waals surface area contributed by atoms with Crippen LogP contribution in [-0.2, 0) is 16.6 Å². The van der Waals surface area contributed by atoms with Gasteiger partial charge >= 0.3 is 0 Å². The molecule has 1 aromatic rings. The van der Waals surface area contributed by atoms with Gasteiger partial charge in [0.25, 0.3) is 0 Å². The number of sulfonamides is 1. The normalized spacial score (nSPS) is 15.7. The van der Waals surface area contributed by atoms with Gasteiger partial charge in [-0.1, -0.05) is 6.92 Å². The lowest BCUT2D eigenvalue weighted by atomic mass is 10.1. The summed E-state index contributed by atoms with van der Waals surface area (Å²) in [5, 5.41) is 9.18. The van der Waals surface area contributed by atoms with Gasteiger partial charge in [-0.25, -0.2) is 12.8 Å². The van der Waals surface area contributed by atoms with Crippen molar-refractivity contribution < 1.29 is 17.9 Å². The van der Waals surface area contributed by atoms with Crippen molar-refractivity contribution >= 4 is 10.0 Å². The SMILES string of the molecule is CCCN(CC1CC1)S(=O)(=O)c1cc(C)c(F)c(CO)c1. The molecule has 1 aromatic carbocycles. The Morgan fingerprint density at radius 3 is 2.57 bits per heavy atom. The summed E-state index contributed by atoms with van der Waals surface area (Å²) in [5.41, 5.74) is 0.263. The van der Waals surface area contributed by atoms with E-state index >= 15 is 0 Å². The van der Waals surface area contributed by atoms with E-state index in [-0.39, 0.29) is 16.0 Å². The van der Waals surface area contributed by atoms with Crippen LogP contribution in [0.4, 0.5) is 4.39 Å². The van der Waals surface area contributed by atoms with Crippen molar-refractivity contribution in [3.8, 4) is 0 Å². The largest absolute Gasteiger partial charge is 0.392 e. The van der Waals surface area contributed by atoms with Crippen molar-refractivity contribution in [2.45, 2.75) is 44.6 Å². The summed E-state index contributed by atoms with van der Waals surface area (Å²) < 4.78 is 40.7. The lowest BCUT2D eigenvalue weighted by Crippen LogP contribution is -2.33. The van der Waals surface area contributed by atoms with E-state index in [1.165, 1.54) is 23.4 Å². The van der Waals surface area contributed by atoms with E-state index in [2.05, 4.69) is 0 Å². The van der Waals surface area contributed by atoms with E-state index in [1.807, 2.05) is 6.92 Å². The van der Waals surface area contributed by atoms with Gasteiger partial charge in [0, 0.05) is 18.7 Å². The lowest BCUT2D eigenvalue weighted by molar-refractivity contribution is 0.275. The molecule has 0 amide bonds. The van der Waals surface area contributed by atoms with Gasteiger partial charge in [-0.3, -0.25) is 0 Å². The first-order valence-corrected chi connectivity index (χ1v) is 8.74. The van der Waals surface area contributed by atoms with E-state index in [0.29, 0.717) is 19.0 Å². The van der Waals surface area contributed by atoms with Gasteiger partial charge in [-0.15, -0.1) is 0 Å². The highest BCUT2D eigenvalue weighted by atomic mass is 32.2. The highest BCUT2D eigenvalue weighted by Gasteiger charge is 2.31. The maximum absolute atomic E-state index is 13.8. The Morgan fingerprint density at radius 1 is 1.38 bits per heavy atom. The molecule has 1 N–H and O–H groups in total. The van der Waals surface area contributed by atoms with Gasteiger partial charge < -0.3 is 5.11 Å². The van der Waals surface area contributed by atoms with Crippen molar-refractivity contribution in [3.05, 3.63) is 29.1 Å². The van der Waals surface area contributed by atoms with Crippen molar-refractivity contribution in [1.29, 1.82) is 0 Å². The summed E-state index contributed by atoms with van der Waals surface area (Å²) in [6, 6.07) is 2.59. The van der Waals surface area contributed by atoms with Crippen molar-refractivity contribution in [3.63, 3.8) is 0 Å². The quantitative estimate of drug-likeness (QED) is 0.841. The average Bonchev–Trinajstić information content (AvgIpc) is 3.25. The Labute approximate surface area is 125 Å². The average molecular weight is 315 g/mol.